The maximum absolute atomic E-state index is 6.80. The first-order chi connectivity index (χ1) is 24.8. The summed E-state index contributed by atoms with van der Waals surface area (Å²) in [5.41, 5.74) is 10.0. The van der Waals surface area contributed by atoms with Gasteiger partial charge in [0.1, 0.15) is 11.2 Å². The normalized spacial score (nSPS) is 11.6. The molecule has 0 aliphatic rings. The fraction of sp³-hybridized carbons (Fsp3) is 0. The highest BCUT2D eigenvalue weighted by Gasteiger charge is 2.20. The van der Waals surface area contributed by atoms with Gasteiger partial charge in [-0.1, -0.05) is 133 Å². The van der Waals surface area contributed by atoms with Crippen LogP contribution < -0.4 is 0 Å². The molecule has 5 heteroatoms. The second-order valence-electron chi connectivity index (χ2n) is 12.4. The lowest BCUT2D eigenvalue weighted by Gasteiger charge is -2.09. The van der Waals surface area contributed by atoms with E-state index in [1.54, 1.807) is 0 Å². The lowest BCUT2D eigenvalue weighted by molar-refractivity contribution is 0.670. The third kappa shape index (κ3) is 4.52. The zero-order valence-electron chi connectivity index (χ0n) is 26.9. The molecule has 10 rings (SSSR count). The standard InChI is InChI=1S/C45H28N4O/c1-4-14-29(15-5-1)43-46-44(30-16-6-2-7-17-30)48-45(47-43)31-26-27-33-35-22-12-23-36(42(35)50-40(33)28-31)34-21-13-25-39-41(34)37-20-10-11-24-38(37)49(39)32-18-8-3-9-19-32/h1-28H. The molecule has 0 unspecified atom stereocenters. The van der Waals surface area contributed by atoms with Crippen LogP contribution in [-0.4, -0.2) is 19.5 Å². The van der Waals surface area contributed by atoms with E-state index in [9.17, 15) is 0 Å². The monoisotopic (exact) mass is 640 g/mol. The van der Waals surface area contributed by atoms with Gasteiger partial charge >= 0.3 is 0 Å². The van der Waals surface area contributed by atoms with Crippen molar-refractivity contribution in [2.75, 3.05) is 0 Å². The first-order valence-corrected chi connectivity index (χ1v) is 16.7. The van der Waals surface area contributed by atoms with Crippen LogP contribution in [0.3, 0.4) is 0 Å². The van der Waals surface area contributed by atoms with E-state index in [0.717, 1.165) is 61.0 Å². The van der Waals surface area contributed by atoms with Crippen molar-refractivity contribution in [1.29, 1.82) is 0 Å². The molecule has 7 aromatic carbocycles. The van der Waals surface area contributed by atoms with Crippen molar-refractivity contribution in [3.8, 4) is 51.0 Å². The van der Waals surface area contributed by atoms with Gasteiger partial charge in [0.25, 0.3) is 0 Å². The van der Waals surface area contributed by atoms with Crippen molar-refractivity contribution < 1.29 is 4.42 Å². The van der Waals surface area contributed by atoms with Gasteiger partial charge in [-0.15, -0.1) is 0 Å². The van der Waals surface area contributed by atoms with Crippen LogP contribution in [-0.2, 0) is 0 Å². The average molecular weight is 641 g/mol. The minimum absolute atomic E-state index is 0.596. The van der Waals surface area contributed by atoms with Crippen LogP contribution in [0.2, 0.25) is 0 Å². The van der Waals surface area contributed by atoms with Gasteiger partial charge in [-0.2, -0.15) is 0 Å². The van der Waals surface area contributed by atoms with E-state index in [0.29, 0.717) is 17.5 Å². The number of furan rings is 1. The Balaban J connectivity index is 1.16. The zero-order valence-corrected chi connectivity index (χ0v) is 26.9. The van der Waals surface area contributed by atoms with Gasteiger partial charge in [0.05, 0.1) is 11.0 Å². The summed E-state index contributed by atoms with van der Waals surface area (Å²) in [4.78, 5) is 14.8. The van der Waals surface area contributed by atoms with Crippen LogP contribution in [0.4, 0.5) is 0 Å². The van der Waals surface area contributed by atoms with Crippen LogP contribution in [0.1, 0.15) is 0 Å². The second kappa shape index (κ2) is 11.4. The highest BCUT2D eigenvalue weighted by atomic mass is 16.3. The summed E-state index contributed by atoms with van der Waals surface area (Å²) in [5, 5.41) is 4.52. The number of nitrogens with zero attached hydrogens (tertiary/aromatic N) is 4. The number of hydrogen-bond acceptors (Lipinski definition) is 4. The van der Waals surface area contributed by atoms with Crippen molar-refractivity contribution in [3.05, 3.63) is 170 Å². The third-order valence-electron chi connectivity index (χ3n) is 9.46. The predicted octanol–water partition coefficient (Wildman–Crippen LogP) is 11.5. The minimum atomic E-state index is 0.596. The molecule has 0 bridgehead atoms. The van der Waals surface area contributed by atoms with Crippen molar-refractivity contribution in [1.82, 2.24) is 19.5 Å². The van der Waals surface area contributed by atoms with E-state index < -0.39 is 0 Å². The summed E-state index contributed by atoms with van der Waals surface area (Å²) in [6, 6.07) is 58.5. The van der Waals surface area contributed by atoms with E-state index in [1.807, 2.05) is 60.7 Å². The minimum Gasteiger partial charge on any atom is -0.455 e. The summed E-state index contributed by atoms with van der Waals surface area (Å²) >= 11 is 0. The molecule has 0 spiro atoms. The van der Waals surface area contributed by atoms with Gasteiger partial charge < -0.3 is 8.98 Å². The number of fused-ring (bicyclic) bond motifs is 6. The van der Waals surface area contributed by atoms with Gasteiger partial charge in [-0.25, -0.2) is 15.0 Å². The van der Waals surface area contributed by atoms with Crippen molar-refractivity contribution in [2.24, 2.45) is 0 Å². The molecule has 0 amide bonds. The molecule has 0 saturated carbocycles. The van der Waals surface area contributed by atoms with E-state index in [1.165, 1.54) is 16.3 Å². The zero-order chi connectivity index (χ0) is 33.0. The van der Waals surface area contributed by atoms with E-state index >= 15 is 0 Å². The number of aromatic nitrogens is 4. The molecule has 0 aliphatic carbocycles. The maximum Gasteiger partial charge on any atom is 0.164 e. The van der Waals surface area contributed by atoms with E-state index in [4.69, 9.17) is 19.4 Å². The number of benzene rings is 7. The fourth-order valence-corrected chi connectivity index (χ4v) is 7.19. The molecule has 3 aromatic heterocycles. The lowest BCUT2D eigenvalue weighted by Crippen LogP contribution is -2.00. The molecular formula is C45H28N4O. The number of rotatable bonds is 5. The summed E-state index contributed by atoms with van der Waals surface area (Å²) in [6.07, 6.45) is 0. The topological polar surface area (TPSA) is 56.7 Å². The van der Waals surface area contributed by atoms with Crippen molar-refractivity contribution in [3.63, 3.8) is 0 Å². The van der Waals surface area contributed by atoms with Crippen LogP contribution in [0.15, 0.2) is 174 Å². The Labute approximate surface area is 287 Å². The summed E-state index contributed by atoms with van der Waals surface area (Å²) in [7, 11) is 0. The molecular weight excluding hydrogens is 613 g/mol. The maximum atomic E-state index is 6.80. The Kier molecular flexibility index (Phi) is 6.42. The lowest BCUT2D eigenvalue weighted by atomic mass is 9.97. The molecule has 0 radical (unpaired) electrons. The molecule has 10 aromatic rings. The average Bonchev–Trinajstić information content (AvgIpc) is 3.74. The summed E-state index contributed by atoms with van der Waals surface area (Å²) in [6.45, 7) is 0. The highest BCUT2D eigenvalue weighted by molar-refractivity contribution is 6.19. The van der Waals surface area contributed by atoms with Crippen LogP contribution >= 0.6 is 0 Å². The Morgan fingerprint density at radius 3 is 1.68 bits per heavy atom. The third-order valence-corrected chi connectivity index (χ3v) is 9.46. The molecule has 5 nitrogen and oxygen atoms in total. The molecule has 0 N–H and O–H groups in total. The van der Waals surface area contributed by atoms with E-state index in [-0.39, 0.29) is 0 Å². The molecule has 0 atom stereocenters. The second-order valence-corrected chi connectivity index (χ2v) is 12.4. The summed E-state index contributed by atoms with van der Waals surface area (Å²) in [5.74, 6) is 1.85. The smallest absolute Gasteiger partial charge is 0.164 e. The first kappa shape index (κ1) is 28.2. The summed E-state index contributed by atoms with van der Waals surface area (Å²) < 4.78 is 9.15. The van der Waals surface area contributed by atoms with Gasteiger partial charge in [-0.3, -0.25) is 0 Å². The molecule has 50 heavy (non-hydrogen) atoms. The number of hydrogen-bond donors (Lipinski definition) is 0. The Bertz CT molecular complexity index is 2800. The Hall–Kier alpha value is -6.85. The van der Waals surface area contributed by atoms with Gasteiger partial charge in [0, 0.05) is 49.5 Å². The van der Waals surface area contributed by atoms with Gasteiger partial charge in [0.2, 0.25) is 0 Å². The van der Waals surface area contributed by atoms with Crippen LogP contribution in [0, 0.1) is 0 Å². The van der Waals surface area contributed by atoms with Crippen LogP contribution in [0.5, 0.6) is 0 Å². The number of para-hydroxylation sites is 3. The van der Waals surface area contributed by atoms with Crippen molar-refractivity contribution >= 4 is 43.7 Å². The molecule has 0 saturated heterocycles. The van der Waals surface area contributed by atoms with Gasteiger partial charge in [0.15, 0.2) is 17.5 Å². The largest absolute Gasteiger partial charge is 0.455 e. The van der Waals surface area contributed by atoms with Crippen molar-refractivity contribution in [2.45, 2.75) is 0 Å². The fourth-order valence-electron chi connectivity index (χ4n) is 7.19. The van der Waals surface area contributed by atoms with Crippen LogP contribution in [0.25, 0.3) is 94.7 Å². The highest BCUT2D eigenvalue weighted by Crippen LogP contribution is 2.43. The Morgan fingerprint density at radius 2 is 0.960 bits per heavy atom. The van der Waals surface area contributed by atoms with E-state index in [2.05, 4.69) is 114 Å². The Morgan fingerprint density at radius 1 is 0.400 bits per heavy atom. The molecule has 234 valence electrons. The first-order valence-electron chi connectivity index (χ1n) is 16.7. The predicted molar refractivity (Wildman–Crippen MR) is 203 cm³/mol. The van der Waals surface area contributed by atoms with Gasteiger partial charge in [-0.05, 0) is 42.0 Å². The molecule has 0 fully saturated rings. The quantitative estimate of drug-likeness (QED) is 0.188. The SMILES string of the molecule is c1ccc(-c2nc(-c3ccccc3)nc(-c3ccc4c(c3)oc3c(-c5cccc6c5c5ccccc5n6-c5ccccc5)cccc34)n2)cc1. The molecule has 0 aliphatic heterocycles. The molecule has 3 heterocycles.